The molecule has 156 valence electrons. The lowest BCUT2D eigenvalue weighted by molar-refractivity contribution is -0.133. The third kappa shape index (κ3) is 2.99. The predicted octanol–water partition coefficient (Wildman–Crippen LogP) is 5.04. The lowest BCUT2D eigenvalue weighted by Gasteiger charge is -2.35. The van der Waals surface area contributed by atoms with Crippen molar-refractivity contribution < 1.29 is 24.1 Å². The number of benzene rings is 2. The molecule has 1 amide bonds. The van der Waals surface area contributed by atoms with Crippen molar-refractivity contribution in [3.8, 4) is 17.4 Å². The third-order valence-corrected chi connectivity index (χ3v) is 5.93. The van der Waals surface area contributed by atoms with Crippen LogP contribution in [0.3, 0.4) is 0 Å². The molecule has 2 heterocycles. The van der Waals surface area contributed by atoms with Gasteiger partial charge in [0, 0.05) is 17.4 Å². The molecule has 0 bridgehead atoms. The fourth-order valence-corrected chi connectivity index (χ4v) is 3.84. The van der Waals surface area contributed by atoms with Crippen LogP contribution in [0.2, 0.25) is 0 Å². The molecule has 30 heavy (non-hydrogen) atoms. The van der Waals surface area contributed by atoms with E-state index in [9.17, 15) is 19.4 Å². The van der Waals surface area contributed by atoms with E-state index in [0.717, 1.165) is 16.7 Å². The summed E-state index contributed by atoms with van der Waals surface area (Å²) in [6.07, 6.45) is 0.895. The topological polar surface area (TPSA) is 107 Å². The van der Waals surface area contributed by atoms with Crippen LogP contribution in [0.4, 0.5) is 10.1 Å². The number of azo groups is 1. The number of H-pyrrole nitrogens is 1. The summed E-state index contributed by atoms with van der Waals surface area (Å²) < 4.78 is 19.7. The van der Waals surface area contributed by atoms with Crippen molar-refractivity contribution in [3.05, 3.63) is 46.3 Å². The number of phenolic OH excluding ortho intramolecular Hbond substituents is 1. The first-order chi connectivity index (χ1) is 14.1. The van der Waals surface area contributed by atoms with Crippen molar-refractivity contribution in [3.63, 3.8) is 0 Å². The second-order valence-electron chi connectivity index (χ2n) is 7.88. The Balaban J connectivity index is 1.67. The van der Waals surface area contributed by atoms with E-state index in [4.69, 9.17) is 4.74 Å². The zero-order valence-corrected chi connectivity index (χ0v) is 17.1. The maximum Gasteiger partial charge on any atom is 0.307 e. The van der Waals surface area contributed by atoms with Gasteiger partial charge in [0.1, 0.15) is 17.3 Å². The number of nitrogens with one attached hydrogen (secondary N) is 1. The van der Waals surface area contributed by atoms with Gasteiger partial charge < -0.3 is 19.9 Å². The molecule has 0 spiro atoms. The Hall–Kier alpha value is -3.42. The molecular weight excluding hydrogens is 389 g/mol. The molecule has 1 aromatic heterocycles. The smallest absolute Gasteiger partial charge is 0.307 e. The van der Waals surface area contributed by atoms with E-state index < -0.39 is 17.3 Å². The molecule has 3 N–H and O–H groups in total. The van der Waals surface area contributed by atoms with E-state index in [-0.39, 0.29) is 17.3 Å². The molecule has 0 saturated carbocycles. The van der Waals surface area contributed by atoms with E-state index in [0.29, 0.717) is 35.1 Å². The Morgan fingerprint density at radius 3 is 2.67 bits per heavy atom. The highest BCUT2D eigenvalue weighted by molar-refractivity contribution is 5.94. The van der Waals surface area contributed by atoms with Gasteiger partial charge in [0.2, 0.25) is 5.88 Å². The zero-order valence-electron chi connectivity index (χ0n) is 17.1. The van der Waals surface area contributed by atoms with Crippen LogP contribution >= 0.6 is 0 Å². The fraction of sp³-hybridized carbons (Fsp3) is 0.318. The quantitative estimate of drug-likeness (QED) is 0.514. The van der Waals surface area contributed by atoms with Gasteiger partial charge in [-0.3, -0.25) is 4.79 Å². The predicted molar refractivity (Wildman–Crippen MR) is 109 cm³/mol. The molecule has 0 saturated heterocycles. The lowest BCUT2D eigenvalue weighted by atomic mass is 9.87. The molecule has 1 atom stereocenters. The maximum absolute atomic E-state index is 13.6. The first-order valence-electron chi connectivity index (χ1n) is 9.59. The number of rotatable bonds is 2. The van der Waals surface area contributed by atoms with Gasteiger partial charge in [-0.25, -0.2) is 4.39 Å². The van der Waals surface area contributed by atoms with Crippen LogP contribution in [0.25, 0.3) is 10.9 Å². The molecule has 7 nitrogen and oxygen atoms in total. The standard InChI is InChI=1S/C22H22FN3O4/c1-10-11(2)19-14(12(3)18(10)27)7-8-22(4,30-19)21(29)26-25-17-15-9-13(23)5-6-16(15)24-20(17)28/h5-6,9,24,27-28H,7-8H2,1-4H3. The van der Waals surface area contributed by atoms with Gasteiger partial charge in [-0.05, 0) is 69.0 Å². The van der Waals surface area contributed by atoms with E-state index in [2.05, 4.69) is 15.2 Å². The van der Waals surface area contributed by atoms with Gasteiger partial charge in [0.05, 0.1) is 5.52 Å². The number of hydrogen-bond acceptors (Lipinski definition) is 5. The SMILES string of the molecule is Cc1c(C)c2c(c(C)c1O)CCC(C)(C(=O)N=Nc1c(O)[nH]c3ccc(F)cc13)O2. The van der Waals surface area contributed by atoms with E-state index >= 15 is 0 Å². The first kappa shape index (κ1) is 19.9. The number of aromatic amines is 1. The number of fused-ring (bicyclic) bond motifs is 2. The second kappa shape index (κ2) is 6.83. The summed E-state index contributed by atoms with van der Waals surface area (Å²) in [4.78, 5) is 15.6. The summed E-state index contributed by atoms with van der Waals surface area (Å²) in [5, 5.41) is 28.4. The van der Waals surface area contributed by atoms with Crippen molar-refractivity contribution in [2.75, 3.05) is 0 Å². The molecular formula is C22H22FN3O4. The molecule has 1 aliphatic rings. The number of phenols is 1. The second-order valence-corrected chi connectivity index (χ2v) is 7.88. The molecule has 1 aliphatic heterocycles. The van der Waals surface area contributed by atoms with Crippen molar-refractivity contribution in [2.45, 2.75) is 46.1 Å². The third-order valence-electron chi connectivity index (χ3n) is 5.93. The maximum atomic E-state index is 13.6. The first-order valence-corrected chi connectivity index (χ1v) is 9.59. The van der Waals surface area contributed by atoms with Crippen LogP contribution in [-0.2, 0) is 11.2 Å². The van der Waals surface area contributed by atoms with Gasteiger partial charge in [-0.1, -0.05) is 0 Å². The largest absolute Gasteiger partial charge is 0.507 e. The monoisotopic (exact) mass is 411 g/mol. The van der Waals surface area contributed by atoms with Crippen LogP contribution in [0.5, 0.6) is 17.4 Å². The molecule has 0 aliphatic carbocycles. The minimum Gasteiger partial charge on any atom is -0.507 e. The van der Waals surface area contributed by atoms with Gasteiger partial charge in [-0.2, -0.15) is 0 Å². The van der Waals surface area contributed by atoms with Crippen molar-refractivity contribution in [2.24, 2.45) is 10.2 Å². The van der Waals surface area contributed by atoms with Gasteiger partial charge >= 0.3 is 5.91 Å². The van der Waals surface area contributed by atoms with E-state index in [1.165, 1.54) is 18.2 Å². The fourth-order valence-electron chi connectivity index (χ4n) is 3.84. The number of nitrogens with zero attached hydrogens (tertiary/aromatic N) is 2. The van der Waals surface area contributed by atoms with Crippen LogP contribution in [0, 0.1) is 26.6 Å². The number of aromatic hydroxyl groups is 2. The highest BCUT2D eigenvalue weighted by Gasteiger charge is 2.41. The molecule has 8 heteroatoms. The Labute approximate surface area is 172 Å². The van der Waals surface area contributed by atoms with Crippen molar-refractivity contribution >= 4 is 22.5 Å². The molecule has 0 radical (unpaired) electrons. The average molecular weight is 411 g/mol. The van der Waals surface area contributed by atoms with Crippen LogP contribution in [0.15, 0.2) is 28.4 Å². The summed E-state index contributed by atoms with van der Waals surface area (Å²) >= 11 is 0. The minimum absolute atomic E-state index is 0.00884. The molecule has 4 rings (SSSR count). The molecule has 1 unspecified atom stereocenters. The molecule has 0 fully saturated rings. The Morgan fingerprint density at radius 1 is 1.20 bits per heavy atom. The summed E-state index contributed by atoms with van der Waals surface area (Å²) in [5.41, 5.74) is 2.32. The lowest BCUT2D eigenvalue weighted by Crippen LogP contribution is -2.43. The summed E-state index contributed by atoms with van der Waals surface area (Å²) in [6.45, 7) is 7.10. The zero-order chi connectivity index (χ0) is 21.8. The van der Waals surface area contributed by atoms with Gasteiger partial charge in [0.25, 0.3) is 0 Å². The van der Waals surface area contributed by atoms with Gasteiger partial charge in [0.15, 0.2) is 11.3 Å². The highest BCUT2D eigenvalue weighted by Crippen LogP contribution is 2.44. The Morgan fingerprint density at radius 2 is 1.93 bits per heavy atom. The summed E-state index contributed by atoms with van der Waals surface area (Å²) in [6, 6.07) is 3.93. The minimum atomic E-state index is -1.25. The highest BCUT2D eigenvalue weighted by atomic mass is 19.1. The number of carbonyl (C=O) groups excluding carboxylic acids is 1. The average Bonchev–Trinajstić information content (AvgIpc) is 3.03. The molecule has 3 aromatic rings. The number of hydrogen-bond donors (Lipinski definition) is 3. The number of aromatic nitrogens is 1. The Bertz CT molecular complexity index is 1230. The van der Waals surface area contributed by atoms with Crippen molar-refractivity contribution in [1.29, 1.82) is 0 Å². The molecule has 2 aromatic carbocycles. The Kier molecular flexibility index (Phi) is 4.52. The van der Waals surface area contributed by atoms with E-state index in [1.54, 1.807) is 13.8 Å². The van der Waals surface area contributed by atoms with Crippen LogP contribution in [0.1, 0.15) is 35.6 Å². The normalized spacial score (nSPS) is 18.6. The van der Waals surface area contributed by atoms with Crippen molar-refractivity contribution in [1.82, 2.24) is 4.98 Å². The van der Waals surface area contributed by atoms with Crippen LogP contribution in [-0.4, -0.2) is 26.7 Å². The number of carbonyl (C=O) groups is 1. The van der Waals surface area contributed by atoms with Gasteiger partial charge in [-0.15, -0.1) is 10.2 Å². The van der Waals surface area contributed by atoms with Crippen LogP contribution < -0.4 is 4.74 Å². The number of halogens is 1. The summed E-state index contributed by atoms with van der Waals surface area (Å²) in [7, 11) is 0. The number of ether oxygens (including phenoxy) is 1. The van der Waals surface area contributed by atoms with E-state index in [1.807, 2.05) is 13.8 Å². The number of amides is 1. The summed E-state index contributed by atoms with van der Waals surface area (Å²) in [5.74, 6) is -0.581.